The van der Waals surface area contributed by atoms with Crippen LogP contribution in [-0.4, -0.2) is 17.7 Å². The van der Waals surface area contributed by atoms with Gasteiger partial charge < -0.3 is 13.8 Å². The van der Waals surface area contributed by atoms with E-state index in [2.05, 4.69) is 0 Å². The van der Waals surface area contributed by atoms with Crippen molar-refractivity contribution in [1.82, 2.24) is 0 Å². The van der Waals surface area contributed by atoms with Gasteiger partial charge in [-0.15, -0.1) is 0 Å². The lowest BCUT2D eigenvalue weighted by Gasteiger charge is -2.25. The quantitative estimate of drug-likeness (QED) is 0.470. The molecule has 0 unspecified atom stereocenters. The molecule has 0 spiro atoms. The van der Waals surface area contributed by atoms with E-state index in [1.165, 1.54) is 0 Å². The molecule has 138 valence electrons. The molecule has 0 saturated heterocycles. The Bertz CT molecular complexity index is 724. The van der Waals surface area contributed by atoms with E-state index in [1.807, 2.05) is 60.7 Å². The zero-order valence-electron chi connectivity index (χ0n) is 14.8. The highest BCUT2D eigenvalue weighted by Gasteiger charge is 2.67. The largest absolute Gasteiger partial charge is 0.465 e. The van der Waals surface area contributed by atoms with Crippen molar-refractivity contribution < 1.29 is 23.1 Å². The molecular formula is C20H23O5P. The summed E-state index contributed by atoms with van der Waals surface area (Å²) in [6.45, 7) is 2.20. The molecule has 2 aromatic rings. The third-order valence-corrected chi connectivity index (χ3v) is 7.01. The van der Waals surface area contributed by atoms with Crippen LogP contribution in [0.15, 0.2) is 60.7 Å². The lowest BCUT2D eigenvalue weighted by atomic mass is 10.2. The third-order valence-electron chi connectivity index (χ3n) is 4.39. The minimum atomic E-state index is -3.70. The van der Waals surface area contributed by atoms with Gasteiger partial charge >= 0.3 is 13.6 Å². The molecule has 2 aromatic carbocycles. The molecule has 0 amide bonds. The van der Waals surface area contributed by atoms with Gasteiger partial charge in [0.05, 0.1) is 19.8 Å². The van der Waals surface area contributed by atoms with Crippen LogP contribution in [0, 0.1) is 0 Å². The van der Waals surface area contributed by atoms with Crippen molar-refractivity contribution >= 4 is 13.6 Å². The summed E-state index contributed by atoms with van der Waals surface area (Å²) in [6.07, 6.45) is 0.902. The molecule has 0 bridgehead atoms. The molecule has 0 heterocycles. The van der Waals surface area contributed by atoms with E-state index in [0.717, 1.165) is 11.1 Å². The van der Waals surface area contributed by atoms with Gasteiger partial charge in [0.1, 0.15) is 0 Å². The van der Waals surface area contributed by atoms with Gasteiger partial charge in [-0.1, -0.05) is 60.7 Å². The van der Waals surface area contributed by atoms with E-state index in [1.54, 1.807) is 6.92 Å². The molecule has 1 aliphatic carbocycles. The van der Waals surface area contributed by atoms with Crippen molar-refractivity contribution in [2.24, 2.45) is 0 Å². The summed E-state index contributed by atoms with van der Waals surface area (Å²) in [5.74, 6) is -0.496. The molecule has 6 heteroatoms. The molecule has 1 aliphatic rings. The number of ether oxygens (including phenoxy) is 1. The first kappa shape index (κ1) is 18.8. The number of hydrogen-bond donors (Lipinski definition) is 0. The maximum atomic E-state index is 13.6. The van der Waals surface area contributed by atoms with Gasteiger partial charge in [-0.05, 0) is 30.9 Å². The van der Waals surface area contributed by atoms with Crippen LogP contribution in [0.1, 0.15) is 30.9 Å². The molecule has 5 nitrogen and oxygen atoms in total. The first-order valence-corrected chi connectivity index (χ1v) is 10.3. The molecule has 26 heavy (non-hydrogen) atoms. The van der Waals surface area contributed by atoms with E-state index in [-0.39, 0.29) is 19.8 Å². The fourth-order valence-electron chi connectivity index (χ4n) is 2.73. The molecule has 0 aliphatic heterocycles. The van der Waals surface area contributed by atoms with Crippen LogP contribution in [0.5, 0.6) is 0 Å². The average Bonchev–Trinajstić information content (AvgIpc) is 3.49. The Morgan fingerprint density at radius 1 is 0.923 bits per heavy atom. The van der Waals surface area contributed by atoms with Crippen molar-refractivity contribution in [3.63, 3.8) is 0 Å². The number of benzene rings is 2. The molecule has 1 fully saturated rings. The van der Waals surface area contributed by atoms with Gasteiger partial charge in [0.25, 0.3) is 0 Å². The Morgan fingerprint density at radius 3 is 1.77 bits per heavy atom. The highest BCUT2D eigenvalue weighted by atomic mass is 31.2. The van der Waals surface area contributed by atoms with Crippen LogP contribution in [-0.2, 0) is 36.4 Å². The summed E-state index contributed by atoms with van der Waals surface area (Å²) in [6, 6.07) is 18.8. The van der Waals surface area contributed by atoms with E-state index < -0.39 is 18.7 Å². The topological polar surface area (TPSA) is 61.8 Å². The molecule has 1 saturated carbocycles. The van der Waals surface area contributed by atoms with E-state index >= 15 is 0 Å². The second kappa shape index (κ2) is 8.17. The predicted octanol–water partition coefficient (Wildman–Crippen LogP) is 4.71. The fourth-order valence-corrected chi connectivity index (χ4v) is 4.88. The Balaban J connectivity index is 1.78. The number of carbonyl (C=O) groups excluding carboxylic acids is 1. The van der Waals surface area contributed by atoms with Crippen LogP contribution < -0.4 is 0 Å². The molecule has 3 rings (SSSR count). The molecule has 0 aromatic heterocycles. The molecule has 0 atom stereocenters. The SMILES string of the molecule is CCOC(=O)C1(P(=O)(OCc2ccccc2)OCc2ccccc2)CC1. The van der Waals surface area contributed by atoms with Crippen LogP contribution in [0.4, 0.5) is 0 Å². The van der Waals surface area contributed by atoms with Crippen LogP contribution in [0.25, 0.3) is 0 Å². The number of carbonyl (C=O) groups is 1. The lowest BCUT2D eigenvalue weighted by Crippen LogP contribution is -2.27. The smallest absolute Gasteiger partial charge is 0.348 e. The summed E-state index contributed by atoms with van der Waals surface area (Å²) in [5, 5.41) is -1.17. The molecule has 0 N–H and O–H groups in total. The van der Waals surface area contributed by atoms with Gasteiger partial charge in [0.15, 0.2) is 5.16 Å². The Hall–Kier alpha value is -1.94. The summed E-state index contributed by atoms with van der Waals surface area (Å²) in [7, 11) is -3.70. The first-order chi connectivity index (χ1) is 12.6. The maximum Gasteiger partial charge on any atom is 0.348 e. The average molecular weight is 374 g/mol. The first-order valence-electron chi connectivity index (χ1n) is 8.74. The summed E-state index contributed by atoms with van der Waals surface area (Å²) in [5.41, 5.74) is 1.74. The zero-order chi connectivity index (χ0) is 18.5. The Kier molecular flexibility index (Phi) is 5.92. The number of hydrogen-bond acceptors (Lipinski definition) is 5. The van der Waals surface area contributed by atoms with E-state index in [4.69, 9.17) is 13.8 Å². The molecular weight excluding hydrogens is 351 g/mol. The van der Waals surface area contributed by atoms with E-state index in [0.29, 0.717) is 12.8 Å². The van der Waals surface area contributed by atoms with Crippen LogP contribution in [0.3, 0.4) is 0 Å². The normalized spacial score (nSPS) is 15.4. The molecule has 0 radical (unpaired) electrons. The minimum Gasteiger partial charge on any atom is -0.465 e. The Morgan fingerprint density at radius 2 is 1.38 bits per heavy atom. The van der Waals surface area contributed by atoms with Gasteiger partial charge in [0, 0.05) is 0 Å². The standard InChI is InChI=1S/C20H23O5P/c1-2-23-19(21)20(13-14-20)26(22,24-15-17-9-5-3-6-10-17)25-16-18-11-7-4-8-12-18/h3-12H,2,13-16H2,1H3. The lowest BCUT2D eigenvalue weighted by molar-refractivity contribution is -0.144. The predicted molar refractivity (Wildman–Crippen MR) is 98.7 cm³/mol. The van der Waals surface area contributed by atoms with Crippen molar-refractivity contribution in [1.29, 1.82) is 0 Å². The van der Waals surface area contributed by atoms with Crippen molar-refractivity contribution in [2.75, 3.05) is 6.61 Å². The van der Waals surface area contributed by atoms with Crippen LogP contribution >= 0.6 is 7.60 Å². The maximum absolute atomic E-state index is 13.6. The van der Waals surface area contributed by atoms with Gasteiger partial charge in [-0.25, -0.2) is 0 Å². The van der Waals surface area contributed by atoms with Crippen molar-refractivity contribution in [3.05, 3.63) is 71.8 Å². The van der Waals surface area contributed by atoms with Gasteiger partial charge in [-0.2, -0.15) is 0 Å². The minimum absolute atomic E-state index is 0.119. The summed E-state index contributed by atoms with van der Waals surface area (Å²) < 4.78 is 30.3. The fraction of sp³-hybridized carbons (Fsp3) is 0.350. The monoisotopic (exact) mass is 374 g/mol. The van der Waals surface area contributed by atoms with Crippen LogP contribution in [0.2, 0.25) is 0 Å². The second-order valence-corrected chi connectivity index (χ2v) is 8.63. The van der Waals surface area contributed by atoms with Crippen molar-refractivity contribution in [2.45, 2.75) is 38.1 Å². The Labute approximate surface area is 153 Å². The summed E-state index contributed by atoms with van der Waals surface area (Å²) >= 11 is 0. The van der Waals surface area contributed by atoms with Gasteiger partial charge in [-0.3, -0.25) is 9.36 Å². The highest BCUT2D eigenvalue weighted by molar-refractivity contribution is 7.57. The van der Waals surface area contributed by atoms with E-state index in [9.17, 15) is 9.36 Å². The second-order valence-electron chi connectivity index (χ2n) is 6.27. The third kappa shape index (κ3) is 4.07. The van der Waals surface area contributed by atoms with Crippen molar-refractivity contribution in [3.8, 4) is 0 Å². The number of esters is 1. The zero-order valence-corrected chi connectivity index (χ0v) is 15.7. The number of rotatable bonds is 9. The highest BCUT2D eigenvalue weighted by Crippen LogP contribution is 2.72. The summed E-state index contributed by atoms with van der Waals surface area (Å²) in [4.78, 5) is 12.4. The van der Waals surface area contributed by atoms with Gasteiger partial charge in [0.2, 0.25) is 0 Å².